The molecule has 3 aromatic rings. The van der Waals surface area contributed by atoms with Crippen LogP contribution in [0, 0.1) is 6.92 Å². The first-order valence-corrected chi connectivity index (χ1v) is 16.3. The molecule has 0 saturated heterocycles. The minimum absolute atomic E-state index is 0.0698. The Balaban J connectivity index is 1.68. The van der Waals surface area contributed by atoms with Gasteiger partial charge in [-0.25, -0.2) is 8.42 Å². The van der Waals surface area contributed by atoms with Crippen LogP contribution in [0.4, 0.5) is 5.69 Å². The number of rotatable bonds is 10. The molecule has 0 spiro atoms. The Bertz CT molecular complexity index is 1480. The second-order valence-corrected chi connectivity index (χ2v) is 13.7. The van der Waals surface area contributed by atoms with Gasteiger partial charge in [0.25, 0.3) is 10.0 Å². The molecule has 3 aromatic carbocycles. The normalized spacial score (nSPS) is 14.7. The topological polar surface area (TPSA) is 86.8 Å². The summed E-state index contributed by atoms with van der Waals surface area (Å²) in [6.07, 6.45) is 5.09. The van der Waals surface area contributed by atoms with Crippen LogP contribution in [0.1, 0.15) is 50.2 Å². The van der Waals surface area contributed by atoms with Crippen molar-refractivity contribution in [2.45, 2.75) is 69.5 Å². The van der Waals surface area contributed by atoms with Crippen LogP contribution in [0.25, 0.3) is 0 Å². The Labute approximate surface area is 256 Å². The second-order valence-electron chi connectivity index (χ2n) is 10.5. The lowest BCUT2D eigenvalue weighted by molar-refractivity contribution is -0.139. The molecule has 1 aliphatic carbocycles. The first-order valence-electron chi connectivity index (χ1n) is 13.7. The van der Waals surface area contributed by atoms with E-state index >= 15 is 0 Å². The van der Waals surface area contributed by atoms with E-state index in [9.17, 15) is 18.0 Å². The van der Waals surface area contributed by atoms with Crippen LogP contribution in [-0.2, 0) is 26.2 Å². The Kier molecular flexibility index (Phi) is 10.5. The van der Waals surface area contributed by atoms with Crippen molar-refractivity contribution in [2.24, 2.45) is 0 Å². The molecule has 10 heteroatoms. The fourth-order valence-corrected chi connectivity index (χ4v) is 6.99. The van der Waals surface area contributed by atoms with E-state index in [4.69, 9.17) is 11.6 Å². The smallest absolute Gasteiger partial charge is 0.264 e. The number of nitrogens with zero attached hydrogens (tertiary/aromatic N) is 2. The molecule has 0 bridgehead atoms. The predicted molar refractivity (Wildman–Crippen MR) is 166 cm³/mol. The standard InChI is InChI=1S/C31H35BrClN3O4S/c1-22-14-16-29(17-15-22)41(39,40)36(28-13-7-9-25(32)19-28)21-30(37)35(20-24-8-6-10-26(33)18-24)23(2)31(38)34-27-11-4-3-5-12-27/h6-10,13-19,23,27H,3-5,11-12,20-21H2,1-2H3,(H,34,38). The first-order chi connectivity index (χ1) is 19.5. The largest absolute Gasteiger partial charge is 0.352 e. The Morgan fingerprint density at radius 1 is 1.00 bits per heavy atom. The highest BCUT2D eigenvalue weighted by Crippen LogP contribution is 2.27. The lowest BCUT2D eigenvalue weighted by Gasteiger charge is -2.33. The Hall–Kier alpha value is -2.88. The number of halogens is 2. The summed E-state index contributed by atoms with van der Waals surface area (Å²) in [5.74, 6) is -0.769. The zero-order chi connectivity index (χ0) is 29.6. The lowest BCUT2D eigenvalue weighted by Crippen LogP contribution is -2.53. The number of sulfonamides is 1. The van der Waals surface area contributed by atoms with Gasteiger partial charge in [-0.1, -0.05) is 82.7 Å². The van der Waals surface area contributed by atoms with Crippen molar-refractivity contribution in [3.63, 3.8) is 0 Å². The molecule has 2 amide bonds. The van der Waals surface area contributed by atoms with Crippen LogP contribution in [-0.4, -0.2) is 43.8 Å². The first kappa shape index (κ1) is 31.1. The van der Waals surface area contributed by atoms with E-state index in [-0.39, 0.29) is 23.4 Å². The molecule has 0 heterocycles. The summed E-state index contributed by atoms with van der Waals surface area (Å²) in [7, 11) is -4.12. The molecule has 1 aliphatic rings. The lowest BCUT2D eigenvalue weighted by atomic mass is 9.95. The van der Waals surface area contributed by atoms with Crippen LogP contribution in [0.3, 0.4) is 0 Å². The predicted octanol–water partition coefficient (Wildman–Crippen LogP) is 6.47. The summed E-state index contributed by atoms with van der Waals surface area (Å²) in [5.41, 5.74) is 1.98. The van der Waals surface area contributed by atoms with Gasteiger partial charge in [0.2, 0.25) is 11.8 Å². The van der Waals surface area contributed by atoms with Crippen LogP contribution in [0.5, 0.6) is 0 Å². The summed E-state index contributed by atoms with van der Waals surface area (Å²) in [5, 5.41) is 3.61. The number of aryl methyl sites for hydroxylation is 1. The molecule has 4 rings (SSSR count). The van der Waals surface area contributed by atoms with E-state index in [1.807, 2.05) is 13.0 Å². The van der Waals surface area contributed by atoms with Crippen LogP contribution in [0.15, 0.2) is 82.2 Å². The fraction of sp³-hybridized carbons (Fsp3) is 0.355. The average molecular weight is 661 g/mol. The van der Waals surface area contributed by atoms with Crippen molar-refractivity contribution in [1.82, 2.24) is 10.2 Å². The van der Waals surface area contributed by atoms with Crippen molar-refractivity contribution in [3.8, 4) is 0 Å². The van der Waals surface area contributed by atoms with Gasteiger partial charge < -0.3 is 10.2 Å². The molecule has 41 heavy (non-hydrogen) atoms. The third-order valence-corrected chi connectivity index (χ3v) is 9.86. The van der Waals surface area contributed by atoms with Crippen molar-refractivity contribution in [2.75, 3.05) is 10.8 Å². The van der Waals surface area contributed by atoms with Gasteiger partial charge in [0.05, 0.1) is 10.6 Å². The highest BCUT2D eigenvalue weighted by atomic mass is 79.9. The summed E-state index contributed by atoms with van der Waals surface area (Å²) in [4.78, 5) is 29.0. The number of carbonyl (C=O) groups excluding carboxylic acids is 2. The molecule has 1 fully saturated rings. The van der Waals surface area contributed by atoms with E-state index in [1.54, 1.807) is 61.5 Å². The van der Waals surface area contributed by atoms with Gasteiger partial charge in [0.1, 0.15) is 12.6 Å². The summed E-state index contributed by atoms with van der Waals surface area (Å²) in [6, 6.07) is 19.6. The molecule has 218 valence electrons. The van der Waals surface area contributed by atoms with Gasteiger partial charge >= 0.3 is 0 Å². The number of anilines is 1. The third-order valence-electron chi connectivity index (χ3n) is 7.34. The zero-order valence-electron chi connectivity index (χ0n) is 23.2. The summed E-state index contributed by atoms with van der Waals surface area (Å²) < 4.78 is 29.6. The number of benzene rings is 3. The maximum absolute atomic E-state index is 14.1. The van der Waals surface area contributed by atoms with E-state index in [2.05, 4.69) is 21.2 Å². The molecule has 0 radical (unpaired) electrons. The van der Waals surface area contributed by atoms with Gasteiger partial charge in [-0.05, 0) is 74.7 Å². The molecular weight excluding hydrogens is 626 g/mol. The van der Waals surface area contributed by atoms with Crippen LogP contribution >= 0.6 is 27.5 Å². The van der Waals surface area contributed by atoms with Crippen molar-refractivity contribution >= 4 is 55.1 Å². The summed E-state index contributed by atoms with van der Waals surface area (Å²) >= 11 is 9.64. The summed E-state index contributed by atoms with van der Waals surface area (Å²) in [6.45, 7) is 3.15. The molecule has 0 aliphatic heterocycles. The maximum Gasteiger partial charge on any atom is 0.264 e. The molecule has 1 unspecified atom stereocenters. The van der Waals surface area contributed by atoms with E-state index in [1.165, 1.54) is 17.0 Å². The highest BCUT2D eigenvalue weighted by molar-refractivity contribution is 9.10. The van der Waals surface area contributed by atoms with Crippen molar-refractivity contribution in [1.29, 1.82) is 0 Å². The van der Waals surface area contributed by atoms with Crippen LogP contribution in [0.2, 0.25) is 5.02 Å². The maximum atomic E-state index is 14.1. The van der Waals surface area contributed by atoms with Gasteiger partial charge in [-0.15, -0.1) is 0 Å². The second kappa shape index (κ2) is 13.9. The molecule has 7 nitrogen and oxygen atoms in total. The third kappa shape index (κ3) is 8.11. The monoisotopic (exact) mass is 659 g/mol. The van der Waals surface area contributed by atoms with E-state index in [0.717, 1.165) is 47.5 Å². The SMILES string of the molecule is Cc1ccc(S(=O)(=O)N(CC(=O)N(Cc2cccc(Cl)c2)C(C)C(=O)NC2CCCCC2)c2cccc(Br)c2)cc1. The van der Waals surface area contributed by atoms with Gasteiger partial charge in [-0.2, -0.15) is 0 Å². The van der Waals surface area contributed by atoms with E-state index in [0.29, 0.717) is 15.2 Å². The highest BCUT2D eigenvalue weighted by Gasteiger charge is 2.33. The van der Waals surface area contributed by atoms with Gasteiger partial charge in [0, 0.05) is 22.1 Å². The molecule has 1 N–H and O–H groups in total. The molecule has 1 atom stereocenters. The minimum atomic E-state index is -4.12. The minimum Gasteiger partial charge on any atom is -0.352 e. The van der Waals surface area contributed by atoms with Crippen LogP contribution < -0.4 is 9.62 Å². The molecule has 0 aromatic heterocycles. The quantitative estimate of drug-likeness (QED) is 0.270. The van der Waals surface area contributed by atoms with Crippen molar-refractivity contribution in [3.05, 3.63) is 93.4 Å². The number of hydrogen-bond donors (Lipinski definition) is 1. The number of hydrogen-bond acceptors (Lipinski definition) is 4. The Morgan fingerprint density at radius 2 is 1.68 bits per heavy atom. The number of carbonyl (C=O) groups is 2. The fourth-order valence-electron chi connectivity index (χ4n) is 4.98. The Morgan fingerprint density at radius 3 is 2.34 bits per heavy atom. The molecular formula is C31H35BrClN3O4S. The van der Waals surface area contributed by atoms with Crippen molar-refractivity contribution < 1.29 is 18.0 Å². The average Bonchev–Trinajstić information content (AvgIpc) is 2.95. The number of nitrogens with one attached hydrogen (secondary N) is 1. The van der Waals surface area contributed by atoms with Gasteiger partial charge in [-0.3, -0.25) is 13.9 Å². The zero-order valence-corrected chi connectivity index (χ0v) is 26.4. The van der Waals surface area contributed by atoms with E-state index < -0.39 is 28.5 Å². The molecule has 1 saturated carbocycles. The number of amides is 2. The van der Waals surface area contributed by atoms with Gasteiger partial charge in [0.15, 0.2) is 0 Å².